The van der Waals surface area contributed by atoms with Crippen LogP contribution >= 0.6 is 0 Å². The fourth-order valence-electron chi connectivity index (χ4n) is 1.65. The Kier molecular flexibility index (Phi) is 4.37. The fourth-order valence-corrected chi connectivity index (χ4v) is 2.98. The number of sulfonamides is 1. The summed E-state index contributed by atoms with van der Waals surface area (Å²) in [6, 6.07) is 6.77. The van der Waals surface area contributed by atoms with E-state index in [1.807, 2.05) is 0 Å². The van der Waals surface area contributed by atoms with E-state index in [4.69, 9.17) is 5.73 Å². The Labute approximate surface area is 108 Å². The van der Waals surface area contributed by atoms with Crippen LogP contribution in [0.1, 0.15) is 19.4 Å². The summed E-state index contributed by atoms with van der Waals surface area (Å²) in [5, 5.41) is 9.64. The predicted molar refractivity (Wildman–Crippen MR) is 72.4 cm³/mol. The largest absolute Gasteiger partial charge is 0.399 e. The molecule has 5 nitrogen and oxygen atoms in total. The van der Waals surface area contributed by atoms with E-state index in [1.165, 1.54) is 7.05 Å². The molecule has 0 aromatic heterocycles. The minimum atomic E-state index is -3.45. The molecule has 0 aliphatic carbocycles. The van der Waals surface area contributed by atoms with Crippen LogP contribution in [0, 0.1) is 0 Å². The van der Waals surface area contributed by atoms with Crippen molar-refractivity contribution in [1.82, 2.24) is 4.31 Å². The maximum Gasteiger partial charge on any atom is 0.218 e. The van der Waals surface area contributed by atoms with Crippen molar-refractivity contribution in [2.45, 2.75) is 25.2 Å². The Morgan fingerprint density at radius 2 is 2.00 bits per heavy atom. The molecule has 0 radical (unpaired) electrons. The zero-order valence-corrected chi connectivity index (χ0v) is 11.7. The standard InChI is InChI=1S/C12H20N2O3S/c1-12(2,15)9-14(3)18(16,17)8-10-5-4-6-11(13)7-10/h4-7,15H,8-9,13H2,1-3H3. The van der Waals surface area contributed by atoms with Gasteiger partial charge in [0.15, 0.2) is 0 Å². The molecule has 0 saturated heterocycles. The smallest absolute Gasteiger partial charge is 0.218 e. The van der Waals surface area contributed by atoms with Crippen LogP contribution in [-0.2, 0) is 15.8 Å². The second-order valence-corrected chi connectivity index (χ2v) is 7.15. The van der Waals surface area contributed by atoms with E-state index in [-0.39, 0.29) is 12.3 Å². The molecule has 1 rings (SSSR count). The average molecular weight is 272 g/mol. The van der Waals surface area contributed by atoms with E-state index in [1.54, 1.807) is 38.1 Å². The van der Waals surface area contributed by atoms with Gasteiger partial charge < -0.3 is 10.8 Å². The van der Waals surface area contributed by atoms with E-state index in [0.29, 0.717) is 11.3 Å². The molecule has 6 heteroatoms. The molecule has 0 bridgehead atoms. The number of hydrogen-bond acceptors (Lipinski definition) is 4. The second-order valence-electron chi connectivity index (χ2n) is 5.07. The number of nitrogens with zero attached hydrogens (tertiary/aromatic N) is 1. The molecule has 0 aliphatic heterocycles. The normalized spacial score (nSPS) is 12.9. The van der Waals surface area contributed by atoms with E-state index in [9.17, 15) is 13.5 Å². The fraction of sp³-hybridized carbons (Fsp3) is 0.500. The van der Waals surface area contributed by atoms with Crippen LogP contribution in [0.4, 0.5) is 5.69 Å². The van der Waals surface area contributed by atoms with Gasteiger partial charge in [0.2, 0.25) is 10.0 Å². The highest BCUT2D eigenvalue weighted by Gasteiger charge is 2.24. The Hall–Kier alpha value is -1.11. The number of nitrogens with two attached hydrogens (primary N) is 1. The van der Waals surface area contributed by atoms with Gasteiger partial charge in [0, 0.05) is 19.3 Å². The Bertz CT molecular complexity index is 506. The third-order valence-corrected chi connectivity index (χ3v) is 4.16. The lowest BCUT2D eigenvalue weighted by molar-refractivity contribution is 0.0639. The quantitative estimate of drug-likeness (QED) is 0.777. The second kappa shape index (κ2) is 5.26. The van der Waals surface area contributed by atoms with Crippen LogP contribution in [0.25, 0.3) is 0 Å². The summed E-state index contributed by atoms with van der Waals surface area (Å²) in [6.07, 6.45) is 0. The Balaban J connectivity index is 2.82. The van der Waals surface area contributed by atoms with Gasteiger partial charge in [-0.2, -0.15) is 0 Å². The number of likely N-dealkylation sites (N-methyl/N-ethyl adjacent to an activating group) is 1. The number of hydrogen-bond donors (Lipinski definition) is 2. The summed E-state index contributed by atoms with van der Waals surface area (Å²) in [4.78, 5) is 0. The highest BCUT2D eigenvalue weighted by Crippen LogP contribution is 2.14. The molecule has 0 aliphatic rings. The first-order valence-corrected chi connectivity index (χ1v) is 7.22. The molecule has 3 N–H and O–H groups in total. The maximum atomic E-state index is 12.1. The topological polar surface area (TPSA) is 83.6 Å². The number of rotatable bonds is 5. The lowest BCUT2D eigenvalue weighted by atomic mass is 10.1. The van der Waals surface area contributed by atoms with Crippen molar-refractivity contribution in [2.75, 3.05) is 19.3 Å². The molecule has 0 amide bonds. The van der Waals surface area contributed by atoms with E-state index < -0.39 is 15.6 Å². The Morgan fingerprint density at radius 3 is 2.50 bits per heavy atom. The summed E-state index contributed by atoms with van der Waals surface area (Å²) >= 11 is 0. The van der Waals surface area contributed by atoms with Gasteiger partial charge in [-0.3, -0.25) is 0 Å². The molecular formula is C12H20N2O3S. The first-order chi connectivity index (χ1) is 8.10. The van der Waals surface area contributed by atoms with Gasteiger partial charge in [0.25, 0.3) is 0 Å². The highest BCUT2D eigenvalue weighted by molar-refractivity contribution is 7.88. The van der Waals surface area contributed by atoms with Crippen LogP contribution in [0.5, 0.6) is 0 Å². The summed E-state index contributed by atoms with van der Waals surface area (Å²) in [5.74, 6) is -0.120. The molecular weight excluding hydrogens is 252 g/mol. The SMILES string of the molecule is CN(CC(C)(C)O)S(=O)(=O)Cc1cccc(N)c1. The molecule has 1 aromatic rings. The van der Waals surface area contributed by atoms with Gasteiger partial charge in [-0.05, 0) is 31.5 Å². The third-order valence-electron chi connectivity index (χ3n) is 2.38. The van der Waals surface area contributed by atoms with Gasteiger partial charge in [-0.1, -0.05) is 12.1 Å². The van der Waals surface area contributed by atoms with E-state index in [0.717, 1.165) is 4.31 Å². The summed E-state index contributed by atoms with van der Waals surface area (Å²) in [6.45, 7) is 3.19. The summed E-state index contributed by atoms with van der Waals surface area (Å²) in [7, 11) is -1.99. The van der Waals surface area contributed by atoms with Crippen LogP contribution in [0.15, 0.2) is 24.3 Å². The zero-order valence-electron chi connectivity index (χ0n) is 10.9. The van der Waals surface area contributed by atoms with Crippen molar-refractivity contribution in [1.29, 1.82) is 0 Å². The summed E-state index contributed by atoms with van der Waals surface area (Å²) < 4.78 is 25.3. The summed E-state index contributed by atoms with van der Waals surface area (Å²) in [5.41, 5.74) is 5.72. The highest BCUT2D eigenvalue weighted by atomic mass is 32.2. The maximum absolute atomic E-state index is 12.1. The molecule has 0 saturated carbocycles. The van der Waals surface area contributed by atoms with Crippen LogP contribution in [-0.4, -0.2) is 37.0 Å². The van der Waals surface area contributed by atoms with Gasteiger partial charge in [0.05, 0.1) is 11.4 Å². The number of nitrogen functional groups attached to an aromatic ring is 1. The van der Waals surface area contributed by atoms with E-state index in [2.05, 4.69) is 0 Å². The lowest BCUT2D eigenvalue weighted by Crippen LogP contribution is -2.40. The van der Waals surface area contributed by atoms with Crippen molar-refractivity contribution in [3.8, 4) is 0 Å². The third kappa shape index (κ3) is 4.64. The molecule has 0 heterocycles. The number of anilines is 1. The van der Waals surface area contributed by atoms with Gasteiger partial charge in [-0.15, -0.1) is 0 Å². The molecule has 102 valence electrons. The van der Waals surface area contributed by atoms with Gasteiger partial charge in [0.1, 0.15) is 0 Å². The van der Waals surface area contributed by atoms with Gasteiger partial charge >= 0.3 is 0 Å². The van der Waals surface area contributed by atoms with Crippen molar-refractivity contribution >= 4 is 15.7 Å². The average Bonchev–Trinajstić information content (AvgIpc) is 2.13. The molecule has 0 atom stereocenters. The van der Waals surface area contributed by atoms with Crippen LogP contribution < -0.4 is 5.73 Å². The molecule has 0 fully saturated rings. The first-order valence-electron chi connectivity index (χ1n) is 5.61. The van der Waals surface area contributed by atoms with Crippen LogP contribution in [0.2, 0.25) is 0 Å². The van der Waals surface area contributed by atoms with Crippen molar-refractivity contribution in [2.24, 2.45) is 0 Å². The van der Waals surface area contributed by atoms with Crippen molar-refractivity contribution in [3.05, 3.63) is 29.8 Å². The monoisotopic (exact) mass is 272 g/mol. The van der Waals surface area contributed by atoms with Gasteiger partial charge in [-0.25, -0.2) is 12.7 Å². The predicted octanol–water partition coefficient (Wildman–Crippen LogP) is 0.801. The minimum absolute atomic E-state index is 0.0532. The molecule has 18 heavy (non-hydrogen) atoms. The lowest BCUT2D eigenvalue weighted by Gasteiger charge is -2.25. The minimum Gasteiger partial charge on any atom is -0.399 e. The van der Waals surface area contributed by atoms with Crippen molar-refractivity contribution in [3.63, 3.8) is 0 Å². The van der Waals surface area contributed by atoms with Crippen molar-refractivity contribution < 1.29 is 13.5 Å². The van der Waals surface area contributed by atoms with Crippen LogP contribution in [0.3, 0.4) is 0 Å². The zero-order chi connectivity index (χ0) is 14.0. The number of benzene rings is 1. The molecule has 0 unspecified atom stereocenters. The molecule has 1 aromatic carbocycles. The molecule has 0 spiro atoms. The van der Waals surface area contributed by atoms with E-state index >= 15 is 0 Å². The number of aliphatic hydroxyl groups is 1. The first kappa shape index (κ1) is 14.9. The Morgan fingerprint density at radius 1 is 1.39 bits per heavy atom.